The topological polar surface area (TPSA) is 80.1 Å². The molecule has 0 aliphatic heterocycles. The van der Waals surface area contributed by atoms with Crippen molar-refractivity contribution in [2.45, 2.75) is 6.54 Å². The van der Waals surface area contributed by atoms with Crippen LogP contribution < -0.4 is 10.3 Å². The molecule has 2 aromatic heterocycles. The van der Waals surface area contributed by atoms with Crippen LogP contribution in [0.25, 0.3) is 21.7 Å². The number of aromatic nitrogens is 3. The molecule has 0 aliphatic rings. The molecule has 4 aromatic rings. The van der Waals surface area contributed by atoms with Crippen molar-refractivity contribution < 1.29 is 9.84 Å². The van der Waals surface area contributed by atoms with Crippen molar-refractivity contribution in [3.8, 4) is 22.9 Å². The van der Waals surface area contributed by atoms with Crippen molar-refractivity contribution in [1.82, 2.24) is 14.5 Å². The van der Waals surface area contributed by atoms with Crippen LogP contribution in [0.2, 0.25) is 0 Å². The number of aromatic hydroxyl groups is 1. The first-order valence-electron chi connectivity index (χ1n) is 8.12. The van der Waals surface area contributed by atoms with Gasteiger partial charge in [-0.25, -0.2) is 4.98 Å². The van der Waals surface area contributed by atoms with Crippen molar-refractivity contribution in [1.29, 1.82) is 0 Å². The second-order valence-corrected chi connectivity index (χ2v) is 7.54. The SMILES string of the molecule is COc1ccc(-c2nc3c(sc(=S)n3Cc3ccccc3)c(=O)[nH]2)cc1O. The van der Waals surface area contributed by atoms with Crippen LogP contribution >= 0.6 is 23.6 Å². The van der Waals surface area contributed by atoms with Crippen molar-refractivity contribution in [3.63, 3.8) is 0 Å². The van der Waals surface area contributed by atoms with Crippen LogP contribution in [0, 0.1) is 3.95 Å². The molecular weight excluding hydrogens is 382 g/mol. The lowest BCUT2D eigenvalue weighted by Crippen LogP contribution is -2.10. The number of H-pyrrole nitrogens is 1. The second-order valence-electron chi connectivity index (χ2n) is 5.89. The predicted octanol–water partition coefficient (Wildman–Crippen LogP) is 3.95. The van der Waals surface area contributed by atoms with Crippen LogP contribution in [0.3, 0.4) is 0 Å². The highest BCUT2D eigenvalue weighted by molar-refractivity contribution is 7.73. The lowest BCUT2D eigenvalue weighted by Gasteiger charge is -2.08. The van der Waals surface area contributed by atoms with E-state index in [1.165, 1.54) is 24.5 Å². The molecule has 8 heteroatoms. The number of nitrogens with one attached hydrogen (secondary N) is 1. The number of nitrogens with zero attached hydrogens (tertiary/aromatic N) is 2. The van der Waals surface area contributed by atoms with Gasteiger partial charge in [-0.1, -0.05) is 41.7 Å². The molecule has 2 aromatic carbocycles. The first-order chi connectivity index (χ1) is 13.1. The smallest absolute Gasteiger partial charge is 0.270 e. The Hall–Kier alpha value is -2.97. The summed E-state index contributed by atoms with van der Waals surface area (Å²) in [7, 11) is 1.48. The highest BCUT2D eigenvalue weighted by Crippen LogP contribution is 2.30. The minimum atomic E-state index is -0.256. The number of methoxy groups -OCH3 is 1. The minimum absolute atomic E-state index is 0.0239. The second kappa shape index (κ2) is 6.98. The number of ether oxygens (including phenoxy) is 1. The number of hydrogen-bond acceptors (Lipinski definition) is 6. The maximum absolute atomic E-state index is 12.6. The van der Waals surface area contributed by atoms with Crippen LogP contribution in [0.15, 0.2) is 53.3 Å². The Labute approximate surface area is 163 Å². The zero-order valence-electron chi connectivity index (χ0n) is 14.3. The molecule has 136 valence electrons. The Balaban J connectivity index is 1.87. The summed E-state index contributed by atoms with van der Waals surface area (Å²) in [5, 5.41) is 10.0. The quantitative estimate of drug-likeness (QED) is 0.510. The molecule has 27 heavy (non-hydrogen) atoms. The summed E-state index contributed by atoms with van der Waals surface area (Å²) in [6.07, 6.45) is 0. The van der Waals surface area contributed by atoms with Gasteiger partial charge in [0.25, 0.3) is 5.56 Å². The van der Waals surface area contributed by atoms with Gasteiger partial charge in [-0.15, -0.1) is 0 Å². The van der Waals surface area contributed by atoms with Crippen molar-refractivity contribution in [2.24, 2.45) is 0 Å². The number of aromatic amines is 1. The zero-order chi connectivity index (χ0) is 19.0. The summed E-state index contributed by atoms with van der Waals surface area (Å²) in [5.41, 5.74) is 1.92. The Morgan fingerprint density at radius 2 is 2.04 bits per heavy atom. The van der Waals surface area contributed by atoms with Gasteiger partial charge >= 0.3 is 0 Å². The Kier molecular flexibility index (Phi) is 4.51. The molecule has 0 saturated carbocycles. The van der Waals surface area contributed by atoms with E-state index in [9.17, 15) is 9.90 Å². The summed E-state index contributed by atoms with van der Waals surface area (Å²) in [5.74, 6) is 0.689. The summed E-state index contributed by atoms with van der Waals surface area (Å²) in [4.78, 5) is 20.0. The summed E-state index contributed by atoms with van der Waals surface area (Å²) < 4.78 is 7.98. The average molecular weight is 397 g/mol. The van der Waals surface area contributed by atoms with Crippen LogP contribution in [-0.4, -0.2) is 26.8 Å². The predicted molar refractivity (Wildman–Crippen MR) is 108 cm³/mol. The van der Waals surface area contributed by atoms with E-state index in [4.69, 9.17) is 17.0 Å². The van der Waals surface area contributed by atoms with Crippen molar-refractivity contribution >= 4 is 33.9 Å². The monoisotopic (exact) mass is 397 g/mol. The number of hydrogen-bond donors (Lipinski definition) is 2. The van der Waals surface area contributed by atoms with E-state index in [0.717, 1.165) is 5.56 Å². The maximum Gasteiger partial charge on any atom is 0.270 e. The summed E-state index contributed by atoms with van der Waals surface area (Å²) >= 11 is 6.70. The van der Waals surface area contributed by atoms with E-state index in [1.807, 2.05) is 34.9 Å². The van der Waals surface area contributed by atoms with E-state index in [2.05, 4.69) is 9.97 Å². The van der Waals surface area contributed by atoms with Gasteiger partial charge in [-0.3, -0.25) is 4.79 Å². The molecule has 0 spiro atoms. The number of phenols is 1. The summed E-state index contributed by atoms with van der Waals surface area (Å²) in [6, 6.07) is 14.7. The van der Waals surface area contributed by atoms with Gasteiger partial charge in [0.05, 0.1) is 13.7 Å². The van der Waals surface area contributed by atoms with Gasteiger partial charge in [0, 0.05) is 5.56 Å². The fourth-order valence-corrected chi connectivity index (χ4v) is 4.06. The zero-order valence-corrected chi connectivity index (χ0v) is 15.9. The first-order valence-corrected chi connectivity index (χ1v) is 9.34. The Morgan fingerprint density at radius 3 is 2.74 bits per heavy atom. The van der Waals surface area contributed by atoms with E-state index in [-0.39, 0.29) is 11.3 Å². The average Bonchev–Trinajstić information content (AvgIpc) is 2.99. The molecule has 0 atom stereocenters. The molecule has 4 rings (SSSR count). The van der Waals surface area contributed by atoms with Crippen LogP contribution in [0.5, 0.6) is 11.5 Å². The summed E-state index contributed by atoms with van der Waals surface area (Å²) in [6.45, 7) is 0.531. The largest absolute Gasteiger partial charge is 0.504 e. The fourth-order valence-electron chi connectivity index (χ4n) is 2.83. The van der Waals surface area contributed by atoms with E-state index < -0.39 is 0 Å². The van der Waals surface area contributed by atoms with Gasteiger partial charge in [0.2, 0.25) is 0 Å². The number of benzene rings is 2. The highest BCUT2D eigenvalue weighted by Gasteiger charge is 2.14. The molecule has 0 aliphatic carbocycles. The third-order valence-corrected chi connectivity index (χ3v) is 5.60. The minimum Gasteiger partial charge on any atom is -0.504 e. The highest BCUT2D eigenvalue weighted by atomic mass is 32.1. The van der Waals surface area contributed by atoms with Crippen molar-refractivity contribution in [2.75, 3.05) is 7.11 Å². The fraction of sp³-hybridized carbons (Fsp3) is 0.105. The lowest BCUT2D eigenvalue weighted by molar-refractivity contribution is 0.373. The van der Waals surface area contributed by atoms with Crippen LogP contribution in [0.4, 0.5) is 0 Å². The first kappa shape index (κ1) is 17.4. The third-order valence-electron chi connectivity index (χ3n) is 4.16. The maximum atomic E-state index is 12.6. The molecule has 2 heterocycles. The van der Waals surface area contributed by atoms with Gasteiger partial charge < -0.3 is 19.4 Å². The van der Waals surface area contributed by atoms with E-state index in [0.29, 0.717) is 38.0 Å². The normalized spacial score (nSPS) is 11.0. The number of rotatable bonds is 4. The Morgan fingerprint density at radius 1 is 1.26 bits per heavy atom. The van der Waals surface area contributed by atoms with Crippen molar-refractivity contribution in [3.05, 3.63) is 68.4 Å². The van der Waals surface area contributed by atoms with E-state index in [1.54, 1.807) is 12.1 Å². The molecule has 0 radical (unpaired) electrons. The number of fused-ring (bicyclic) bond motifs is 1. The van der Waals surface area contributed by atoms with Gasteiger partial charge in [0.15, 0.2) is 21.1 Å². The number of thiazole rings is 1. The third kappa shape index (κ3) is 3.24. The molecular formula is C19H15N3O3S2. The molecule has 6 nitrogen and oxygen atoms in total. The van der Waals surface area contributed by atoms with Crippen LogP contribution in [0.1, 0.15) is 5.56 Å². The van der Waals surface area contributed by atoms with E-state index >= 15 is 0 Å². The van der Waals surface area contributed by atoms with Gasteiger partial charge in [-0.05, 0) is 36.0 Å². The van der Waals surface area contributed by atoms with Crippen LogP contribution in [-0.2, 0) is 6.54 Å². The molecule has 0 saturated heterocycles. The lowest BCUT2D eigenvalue weighted by atomic mass is 10.2. The molecule has 0 amide bonds. The molecule has 2 N–H and O–H groups in total. The number of phenolic OH excluding ortho intramolecular Hbond substituents is 1. The molecule has 0 unspecified atom stereocenters. The molecule has 0 bridgehead atoms. The van der Waals surface area contributed by atoms with Gasteiger partial charge in [0.1, 0.15) is 10.5 Å². The standard InChI is InChI=1S/C19H15N3O3S2/c1-25-14-8-7-12(9-13(14)23)16-20-17-15(18(24)21-16)27-19(26)22(17)10-11-5-3-2-4-6-11/h2-9,23H,10H2,1H3,(H,20,21,24). The van der Waals surface area contributed by atoms with Gasteiger partial charge in [-0.2, -0.15) is 0 Å². The Bertz CT molecular complexity index is 1240. The molecule has 0 fully saturated rings.